The molecule has 0 radical (unpaired) electrons. The third-order valence-electron chi connectivity index (χ3n) is 1.36. The van der Waals surface area contributed by atoms with E-state index in [9.17, 15) is 4.79 Å². The lowest BCUT2D eigenvalue weighted by Crippen LogP contribution is -2.27. The standard InChI is InChI=1S/C9H19NO2S/c1-8(2)7-12-5-4-10-9(11)3-6-13/h8,13H,3-7H2,1-2H3,(H,10,11). The number of hydrogen-bond donors (Lipinski definition) is 2. The number of thiol groups is 1. The van der Waals surface area contributed by atoms with Gasteiger partial charge in [-0.2, -0.15) is 12.6 Å². The first-order valence-corrected chi connectivity index (χ1v) is 5.25. The maximum atomic E-state index is 10.9. The second-order valence-corrected chi connectivity index (χ2v) is 3.74. The first kappa shape index (κ1) is 12.8. The van der Waals surface area contributed by atoms with Crippen molar-refractivity contribution in [2.75, 3.05) is 25.5 Å². The van der Waals surface area contributed by atoms with Crippen LogP contribution in [0.3, 0.4) is 0 Å². The van der Waals surface area contributed by atoms with Crippen LogP contribution in [0.5, 0.6) is 0 Å². The van der Waals surface area contributed by atoms with Crippen LogP contribution in [0.1, 0.15) is 20.3 Å². The summed E-state index contributed by atoms with van der Waals surface area (Å²) in [6.45, 7) is 6.14. The van der Waals surface area contributed by atoms with Crippen LogP contribution in [0.2, 0.25) is 0 Å². The zero-order valence-corrected chi connectivity index (χ0v) is 9.27. The van der Waals surface area contributed by atoms with Crippen LogP contribution in [0, 0.1) is 5.92 Å². The van der Waals surface area contributed by atoms with Crippen molar-refractivity contribution >= 4 is 18.5 Å². The first-order chi connectivity index (χ1) is 6.16. The second kappa shape index (κ2) is 8.38. The number of rotatable bonds is 7. The monoisotopic (exact) mass is 205 g/mol. The van der Waals surface area contributed by atoms with Crippen LogP contribution in [0.4, 0.5) is 0 Å². The van der Waals surface area contributed by atoms with E-state index in [4.69, 9.17) is 4.74 Å². The van der Waals surface area contributed by atoms with Gasteiger partial charge < -0.3 is 10.1 Å². The minimum absolute atomic E-state index is 0.0446. The van der Waals surface area contributed by atoms with Crippen LogP contribution < -0.4 is 5.32 Å². The predicted molar refractivity (Wildman–Crippen MR) is 57.1 cm³/mol. The highest BCUT2D eigenvalue weighted by Crippen LogP contribution is 1.91. The number of hydrogen-bond acceptors (Lipinski definition) is 3. The zero-order chi connectivity index (χ0) is 10.1. The minimum atomic E-state index is 0.0446. The predicted octanol–water partition coefficient (Wildman–Crippen LogP) is 1.10. The van der Waals surface area contributed by atoms with Crippen molar-refractivity contribution in [2.45, 2.75) is 20.3 Å². The van der Waals surface area contributed by atoms with Gasteiger partial charge in [-0.25, -0.2) is 0 Å². The molecule has 4 heteroatoms. The summed E-state index contributed by atoms with van der Waals surface area (Å²) in [6, 6.07) is 0. The fraction of sp³-hybridized carbons (Fsp3) is 0.889. The molecule has 0 bridgehead atoms. The van der Waals surface area contributed by atoms with E-state index in [1.807, 2.05) is 0 Å². The van der Waals surface area contributed by atoms with Crippen molar-refractivity contribution in [3.8, 4) is 0 Å². The molecule has 78 valence electrons. The summed E-state index contributed by atoms with van der Waals surface area (Å²) in [5.74, 6) is 1.19. The summed E-state index contributed by atoms with van der Waals surface area (Å²) in [6.07, 6.45) is 0.479. The maximum Gasteiger partial charge on any atom is 0.220 e. The number of amides is 1. The van der Waals surface area contributed by atoms with Crippen molar-refractivity contribution < 1.29 is 9.53 Å². The van der Waals surface area contributed by atoms with Gasteiger partial charge in [-0.3, -0.25) is 4.79 Å². The first-order valence-electron chi connectivity index (χ1n) is 4.62. The molecule has 3 nitrogen and oxygen atoms in total. The van der Waals surface area contributed by atoms with Gasteiger partial charge in [0.15, 0.2) is 0 Å². The molecular formula is C9H19NO2S. The Hall–Kier alpha value is -0.220. The largest absolute Gasteiger partial charge is 0.379 e. The Bertz CT molecular complexity index is 140. The van der Waals surface area contributed by atoms with Gasteiger partial charge in [0.2, 0.25) is 5.91 Å². The van der Waals surface area contributed by atoms with E-state index in [2.05, 4.69) is 31.8 Å². The molecule has 0 aliphatic carbocycles. The molecule has 0 atom stereocenters. The average molecular weight is 205 g/mol. The van der Waals surface area contributed by atoms with Crippen molar-refractivity contribution in [3.05, 3.63) is 0 Å². The van der Waals surface area contributed by atoms with Crippen molar-refractivity contribution in [1.29, 1.82) is 0 Å². The lowest BCUT2D eigenvalue weighted by Gasteiger charge is -2.07. The van der Waals surface area contributed by atoms with Crippen molar-refractivity contribution in [1.82, 2.24) is 5.32 Å². The molecule has 13 heavy (non-hydrogen) atoms. The van der Waals surface area contributed by atoms with E-state index in [-0.39, 0.29) is 5.91 Å². The molecule has 1 N–H and O–H groups in total. The average Bonchev–Trinajstić information content (AvgIpc) is 2.03. The van der Waals surface area contributed by atoms with Gasteiger partial charge >= 0.3 is 0 Å². The minimum Gasteiger partial charge on any atom is -0.379 e. The summed E-state index contributed by atoms with van der Waals surface area (Å²) in [4.78, 5) is 10.9. The highest BCUT2D eigenvalue weighted by atomic mass is 32.1. The molecule has 0 saturated carbocycles. The SMILES string of the molecule is CC(C)COCCNC(=O)CCS. The van der Waals surface area contributed by atoms with Crippen LogP contribution in [-0.2, 0) is 9.53 Å². The lowest BCUT2D eigenvalue weighted by atomic mass is 10.2. The molecule has 0 aromatic heterocycles. The van der Waals surface area contributed by atoms with Gasteiger partial charge in [-0.15, -0.1) is 0 Å². The number of ether oxygens (including phenoxy) is 1. The third kappa shape index (κ3) is 9.70. The summed E-state index contributed by atoms with van der Waals surface area (Å²) < 4.78 is 5.29. The smallest absolute Gasteiger partial charge is 0.220 e. The number of carbonyl (C=O) groups excluding carboxylic acids is 1. The molecule has 0 rings (SSSR count). The van der Waals surface area contributed by atoms with Gasteiger partial charge in [0.1, 0.15) is 0 Å². The Morgan fingerprint density at radius 1 is 1.54 bits per heavy atom. The molecule has 0 aromatic carbocycles. The summed E-state index contributed by atoms with van der Waals surface area (Å²) in [5.41, 5.74) is 0. The van der Waals surface area contributed by atoms with Gasteiger partial charge in [0, 0.05) is 19.6 Å². The molecule has 0 heterocycles. The molecule has 0 spiro atoms. The Morgan fingerprint density at radius 3 is 2.77 bits per heavy atom. The van der Waals surface area contributed by atoms with Crippen LogP contribution in [0.25, 0.3) is 0 Å². The van der Waals surface area contributed by atoms with Gasteiger partial charge in [-0.05, 0) is 11.7 Å². The number of carbonyl (C=O) groups is 1. The topological polar surface area (TPSA) is 38.3 Å². The zero-order valence-electron chi connectivity index (χ0n) is 8.38. The van der Waals surface area contributed by atoms with Crippen molar-refractivity contribution in [2.24, 2.45) is 5.92 Å². The van der Waals surface area contributed by atoms with Crippen molar-refractivity contribution in [3.63, 3.8) is 0 Å². The molecule has 0 saturated heterocycles. The third-order valence-corrected chi connectivity index (χ3v) is 1.58. The molecular weight excluding hydrogens is 186 g/mol. The molecule has 0 aromatic rings. The van der Waals surface area contributed by atoms with E-state index >= 15 is 0 Å². The van der Waals surface area contributed by atoms with Crippen LogP contribution in [-0.4, -0.2) is 31.4 Å². The molecule has 0 aliphatic rings. The fourth-order valence-electron chi connectivity index (χ4n) is 0.772. The maximum absolute atomic E-state index is 10.9. The Labute approximate surface area is 85.6 Å². The highest BCUT2D eigenvalue weighted by Gasteiger charge is 1.98. The molecule has 0 fully saturated rings. The van der Waals surface area contributed by atoms with E-state index in [0.717, 1.165) is 6.61 Å². The Balaban J connectivity index is 3.11. The van der Waals surface area contributed by atoms with Gasteiger partial charge in [-0.1, -0.05) is 13.8 Å². The summed E-state index contributed by atoms with van der Waals surface area (Å²) in [5, 5.41) is 2.74. The van der Waals surface area contributed by atoms with Crippen LogP contribution in [0.15, 0.2) is 0 Å². The van der Waals surface area contributed by atoms with E-state index < -0.39 is 0 Å². The second-order valence-electron chi connectivity index (χ2n) is 3.29. The molecule has 0 unspecified atom stereocenters. The van der Waals surface area contributed by atoms with E-state index in [1.165, 1.54) is 0 Å². The quantitative estimate of drug-likeness (QED) is 0.482. The fourth-order valence-corrected chi connectivity index (χ4v) is 0.975. The lowest BCUT2D eigenvalue weighted by molar-refractivity contribution is -0.120. The normalized spacial score (nSPS) is 10.5. The summed E-state index contributed by atoms with van der Waals surface area (Å²) >= 11 is 3.96. The number of nitrogens with one attached hydrogen (secondary N) is 1. The molecule has 1 amide bonds. The van der Waals surface area contributed by atoms with Crippen LogP contribution >= 0.6 is 12.6 Å². The highest BCUT2D eigenvalue weighted by molar-refractivity contribution is 7.80. The van der Waals surface area contributed by atoms with E-state index in [0.29, 0.717) is 31.2 Å². The molecule has 0 aliphatic heterocycles. The van der Waals surface area contributed by atoms with E-state index in [1.54, 1.807) is 0 Å². The van der Waals surface area contributed by atoms with Gasteiger partial charge in [0.05, 0.1) is 6.61 Å². The Kier molecular flexibility index (Phi) is 8.24. The summed E-state index contributed by atoms with van der Waals surface area (Å²) in [7, 11) is 0. The Morgan fingerprint density at radius 2 is 2.23 bits per heavy atom. The van der Waals surface area contributed by atoms with Gasteiger partial charge in [0.25, 0.3) is 0 Å².